The number of carbonyl (C=O) groups is 1. The number of benzene rings is 3. The van der Waals surface area contributed by atoms with E-state index in [1.54, 1.807) is 6.08 Å². The topological polar surface area (TPSA) is 17.1 Å². The molecule has 0 saturated heterocycles. The number of allylic oxidation sites excluding steroid dienone is 2. The Kier molecular flexibility index (Phi) is 7.25. The van der Waals surface area contributed by atoms with Crippen molar-refractivity contribution >= 4 is 41.1 Å². The quantitative estimate of drug-likeness (QED) is 0.372. The monoisotopic (exact) mass is 406 g/mol. The molecule has 1 nitrogen and oxygen atoms in total. The van der Waals surface area contributed by atoms with Crippen LogP contribution in [0.15, 0.2) is 91.0 Å². The van der Waals surface area contributed by atoms with Crippen LogP contribution in [0.5, 0.6) is 0 Å². The molecule has 0 aliphatic carbocycles. The van der Waals surface area contributed by atoms with E-state index in [-0.39, 0.29) is 11.7 Å². The van der Waals surface area contributed by atoms with Gasteiger partial charge in [0.05, 0.1) is 5.92 Å². The van der Waals surface area contributed by atoms with Crippen molar-refractivity contribution in [3.8, 4) is 0 Å². The Labute approximate surface area is 175 Å². The zero-order chi connectivity index (χ0) is 19.8. The molecule has 3 heteroatoms. The van der Waals surface area contributed by atoms with Crippen LogP contribution in [0.3, 0.4) is 0 Å². The lowest BCUT2D eigenvalue weighted by Crippen LogP contribution is -2.09. The maximum atomic E-state index is 12.9. The molecule has 0 N–H and O–H groups in total. The summed E-state index contributed by atoms with van der Waals surface area (Å²) >= 11 is 11.8. The normalized spacial score (nSPS) is 12.5. The Morgan fingerprint density at radius 3 is 1.86 bits per heavy atom. The molecule has 0 saturated carbocycles. The molecule has 3 aromatic rings. The first kappa shape index (κ1) is 20.1. The minimum Gasteiger partial charge on any atom is -0.294 e. The highest BCUT2D eigenvalue weighted by Gasteiger charge is 2.16. The van der Waals surface area contributed by atoms with Gasteiger partial charge in [0, 0.05) is 10.0 Å². The van der Waals surface area contributed by atoms with Crippen LogP contribution in [0.1, 0.15) is 29.0 Å². The van der Waals surface area contributed by atoms with Gasteiger partial charge in [-0.3, -0.25) is 4.79 Å². The van der Waals surface area contributed by atoms with Crippen LogP contribution in [0.25, 0.3) is 12.2 Å². The number of carbonyl (C=O) groups excluding carboxylic acids is 1. The molecule has 0 amide bonds. The fraction of sp³-hybridized carbons (Fsp3) is 0.0800. The van der Waals surface area contributed by atoms with Crippen LogP contribution >= 0.6 is 23.2 Å². The third-order valence-corrected chi connectivity index (χ3v) is 4.91. The third kappa shape index (κ3) is 5.95. The number of halogens is 2. The van der Waals surface area contributed by atoms with Crippen LogP contribution in [-0.2, 0) is 4.79 Å². The second-order valence-corrected chi connectivity index (χ2v) is 7.31. The highest BCUT2D eigenvalue weighted by molar-refractivity contribution is 6.30. The lowest BCUT2D eigenvalue weighted by atomic mass is 9.90. The summed E-state index contributed by atoms with van der Waals surface area (Å²) in [6.45, 7) is 0. The van der Waals surface area contributed by atoms with Crippen molar-refractivity contribution < 1.29 is 4.79 Å². The van der Waals surface area contributed by atoms with E-state index >= 15 is 0 Å². The fourth-order valence-corrected chi connectivity index (χ4v) is 3.14. The predicted molar refractivity (Wildman–Crippen MR) is 120 cm³/mol. The average molecular weight is 407 g/mol. The lowest BCUT2D eigenvalue weighted by Gasteiger charge is -2.12. The van der Waals surface area contributed by atoms with Crippen molar-refractivity contribution in [1.82, 2.24) is 0 Å². The van der Waals surface area contributed by atoms with Gasteiger partial charge in [-0.05, 0) is 53.5 Å². The van der Waals surface area contributed by atoms with Crippen molar-refractivity contribution in [2.24, 2.45) is 0 Å². The SMILES string of the molecule is O=C(/C=C/c1ccc(Cl)cc1)C(C/C=C/c1ccc(Cl)cc1)c1ccccc1. The summed E-state index contributed by atoms with van der Waals surface area (Å²) in [7, 11) is 0. The van der Waals surface area contributed by atoms with Gasteiger partial charge in [0.2, 0.25) is 0 Å². The Morgan fingerprint density at radius 1 is 0.750 bits per heavy atom. The van der Waals surface area contributed by atoms with Gasteiger partial charge in [-0.2, -0.15) is 0 Å². The Hall–Kier alpha value is -2.61. The summed E-state index contributed by atoms with van der Waals surface area (Å²) in [5, 5.41) is 1.39. The number of hydrogen-bond donors (Lipinski definition) is 0. The van der Waals surface area contributed by atoms with Crippen molar-refractivity contribution in [3.05, 3.63) is 118 Å². The summed E-state index contributed by atoms with van der Waals surface area (Å²) in [6.07, 6.45) is 8.16. The summed E-state index contributed by atoms with van der Waals surface area (Å²) < 4.78 is 0. The molecule has 1 unspecified atom stereocenters. The Morgan fingerprint density at radius 2 is 1.29 bits per heavy atom. The third-order valence-electron chi connectivity index (χ3n) is 4.41. The van der Waals surface area contributed by atoms with Gasteiger partial charge in [0.25, 0.3) is 0 Å². The van der Waals surface area contributed by atoms with Gasteiger partial charge < -0.3 is 0 Å². The minimum absolute atomic E-state index is 0.0712. The standard InChI is InChI=1S/C25H20Cl2O/c26-22-14-9-19(10-15-22)5-4-8-24(21-6-2-1-3-7-21)25(28)18-13-20-11-16-23(27)17-12-20/h1-7,9-18,24H,8H2/b5-4+,18-13+. The van der Waals surface area contributed by atoms with E-state index in [0.717, 1.165) is 16.7 Å². The smallest absolute Gasteiger partial charge is 0.163 e. The molecular weight excluding hydrogens is 387 g/mol. The van der Waals surface area contributed by atoms with Gasteiger partial charge in [0.15, 0.2) is 5.78 Å². The van der Waals surface area contributed by atoms with Crippen molar-refractivity contribution in [3.63, 3.8) is 0 Å². The first-order valence-corrected chi connectivity index (χ1v) is 9.82. The maximum Gasteiger partial charge on any atom is 0.163 e. The molecule has 0 aliphatic heterocycles. The summed E-state index contributed by atoms with van der Waals surface area (Å²) in [6, 6.07) is 24.9. The molecule has 0 radical (unpaired) electrons. The molecular formula is C25H20Cl2O. The van der Waals surface area contributed by atoms with Crippen LogP contribution in [0.2, 0.25) is 10.0 Å². The second kappa shape index (κ2) is 10.1. The molecule has 140 valence electrons. The zero-order valence-corrected chi connectivity index (χ0v) is 16.8. The van der Waals surface area contributed by atoms with Gasteiger partial charge >= 0.3 is 0 Å². The number of rotatable bonds is 7. The summed E-state index contributed by atoms with van der Waals surface area (Å²) in [4.78, 5) is 12.9. The maximum absolute atomic E-state index is 12.9. The highest BCUT2D eigenvalue weighted by Crippen LogP contribution is 2.23. The van der Waals surface area contributed by atoms with Crippen LogP contribution in [0, 0.1) is 0 Å². The molecule has 0 fully saturated rings. The summed E-state index contributed by atoms with van der Waals surface area (Å²) in [5.41, 5.74) is 3.01. The van der Waals surface area contributed by atoms with Gasteiger partial charge in [-0.25, -0.2) is 0 Å². The van der Waals surface area contributed by atoms with E-state index in [1.807, 2.05) is 97.1 Å². The molecule has 0 spiro atoms. The molecule has 0 bridgehead atoms. The van der Waals surface area contributed by atoms with Crippen molar-refractivity contribution in [2.45, 2.75) is 12.3 Å². The van der Waals surface area contributed by atoms with E-state index in [0.29, 0.717) is 16.5 Å². The highest BCUT2D eigenvalue weighted by atomic mass is 35.5. The molecule has 0 heterocycles. The predicted octanol–water partition coefficient (Wildman–Crippen LogP) is 7.46. The number of ketones is 1. The van der Waals surface area contributed by atoms with Crippen LogP contribution in [-0.4, -0.2) is 5.78 Å². The molecule has 0 aliphatic rings. The largest absolute Gasteiger partial charge is 0.294 e. The van der Waals surface area contributed by atoms with Gasteiger partial charge in [0.1, 0.15) is 0 Å². The molecule has 28 heavy (non-hydrogen) atoms. The fourth-order valence-electron chi connectivity index (χ4n) is 2.88. The molecule has 1 atom stereocenters. The van der Waals surface area contributed by atoms with E-state index < -0.39 is 0 Å². The first-order chi connectivity index (χ1) is 13.6. The Balaban J connectivity index is 1.75. The van der Waals surface area contributed by atoms with Crippen LogP contribution < -0.4 is 0 Å². The van der Waals surface area contributed by atoms with E-state index in [1.165, 1.54) is 0 Å². The second-order valence-electron chi connectivity index (χ2n) is 6.44. The first-order valence-electron chi connectivity index (χ1n) is 9.06. The van der Waals surface area contributed by atoms with E-state index in [4.69, 9.17) is 23.2 Å². The van der Waals surface area contributed by atoms with Crippen LogP contribution in [0.4, 0.5) is 0 Å². The number of hydrogen-bond acceptors (Lipinski definition) is 1. The van der Waals surface area contributed by atoms with E-state index in [2.05, 4.69) is 0 Å². The van der Waals surface area contributed by atoms with Crippen molar-refractivity contribution in [1.29, 1.82) is 0 Å². The average Bonchev–Trinajstić information content (AvgIpc) is 2.72. The Bertz CT molecular complexity index is 956. The zero-order valence-electron chi connectivity index (χ0n) is 15.3. The lowest BCUT2D eigenvalue weighted by molar-refractivity contribution is -0.115. The molecule has 0 aromatic heterocycles. The van der Waals surface area contributed by atoms with E-state index in [9.17, 15) is 4.79 Å². The minimum atomic E-state index is -0.228. The van der Waals surface area contributed by atoms with Gasteiger partial charge in [-0.15, -0.1) is 0 Å². The van der Waals surface area contributed by atoms with Crippen molar-refractivity contribution in [2.75, 3.05) is 0 Å². The summed E-state index contributed by atoms with van der Waals surface area (Å²) in [5.74, 6) is -0.157. The molecule has 3 rings (SSSR count). The molecule has 3 aromatic carbocycles. The van der Waals surface area contributed by atoms with Gasteiger partial charge in [-0.1, -0.05) is 96.0 Å².